The third-order valence-electron chi connectivity index (χ3n) is 5.71. The number of tetrazole rings is 1. The summed E-state index contributed by atoms with van der Waals surface area (Å²) in [6, 6.07) is 13.9. The van der Waals surface area contributed by atoms with Crippen molar-refractivity contribution >= 4 is 5.91 Å². The van der Waals surface area contributed by atoms with Crippen LogP contribution in [0.3, 0.4) is 0 Å². The van der Waals surface area contributed by atoms with Gasteiger partial charge in [0.15, 0.2) is 11.5 Å². The molecule has 2 saturated heterocycles. The van der Waals surface area contributed by atoms with Crippen LogP contribution in [0.15, 0.2) is 48.5 Å². The number of carbonyl (C=O) groups is 1. The molecular formula is C21H19N5O6. The highest BCUT2D eigenvalue weighted by Crippen LogP contribution is 2.38. The molecule has 0 saturated carbocycles. The molecule has 2 fully saturated rings. The number of fused-ring (bicyclic) bond motifs is 2. The molecule has 164 valence electrons. The molecule has 1 amide bonds. The Kier molecular flexibility index (Phi) is 4.62. The van der Waals surface area contributed by atoms with Crippen LogP contribution in [0, 0.1) is 0 Å². The maximum atomic E-state index is 12.5. The number of hydrogen-bond acceptors (Lipinski definition) is 9. The van der Waals surface area contributed by atoms with Crippen molar-refractivity contribution in [3.63, 3.8) is 0 Å². The molecule has 0 spiro atoms. The van der Waals surface area contributed by atoms with E-state index in [1.807, 2.05) is 18.2 Å². The molecule has 4 atom stereocenters. The molecule has 4 heterocycles. The molecule has 3 aliphatic rings. The minimum Gasteiger partial charge on any atom is -0.454 e. The molecule has 3 aromatic rings. The lowest BCUT2D eigenvalue weighted by Gasteiger charge is -2.18. The molecular weight excluding hydrogens is 418 g/mol. The Morgan fingerprint density at radius 1 is 1.03 bits per heavy atom. The first-order valence-corrected chi connectivity index (χ1v) is 10.2. The maximum Gasteiger partial charge on any atom is 0.341 e. The van der Waals surface area contributed by atoms with E-state index in [9.17, 15) is 4.79 Å². The first kappa shape index (κ1) is 19.0. The van der Waals surface area contributed by atoms with Gasteiger partial charge in [0.2, 0.25) is 6.79 Å². The highest BCUT2D eigenvalue weighted by molar-refractivity contribution is 5.94. The van der Waals surface area contributed by atoms with Gasteiger partial charge in [0, 0.05) is 11.6 Å². The van der Waals surface area contributed by atoms with Gasteiger partial charge >= 0.3 is 6.01 Å². The molecule has 0 unspecified atom stereocenters. The number of nitrogens with zero attached hydrogens (tertiary/aromatic N) is 4. The number of ether oxygens (including phenoxy) is 5. The molecule has 3 aliphatic heterocycles. The summed E-state index contributed by atoms with van der Waals surface area (Å²) in [7, 11) is 0. The summed E-state index contributed by atoms with van der Waals surface area (Å²) >= 11 is 0. The number of nitrogens with one attached hydrogen (secondary N) is 1. The van der Waals surface area contributed by atoms with Crippen molar-refractivity contribution in [1.82, 2.24) is 25.5 Å². The number of aromatic nitrogens is 4. The Morgan fingerprint density at radius 2 is 1.88 bits per heavy atom. The zero-order chi connectivity index (χ0) is 21.5. The Labute approximate surface area is 182 Å². The van der Waals surface area contributed by atoms with Crippen molar-refractivity contribution < 1.29 is 28.5 Å². The van der Waals surface area contributed by atoms with E-state index in [2.05, 4.69) is 20.8 Å². The van der Waals surface area contributed by atoms with Crippen molar-refractivity contribution in [3.05, 3.63) is 54.1 Å². The van der Waals surface area contributed by atoms with Gasteiger partial charge in [-0.3, -0.25) is 4.79 Å². The second-order valence-electron chi connectivity index (χ2n) is 7.63. The lowest BCUT2D eigenvalue weighted by Crippen LogP contribution is -2.44. The van der Waals surface area contributed by atoms with E-state index in [0.717, 1.165) is 0 Å². The van der Waals surface area contributed by atoms with Crippen LogP contribution in [0.4, 0.5) is 0 Å². The average molecular weight is 437 g/mol. The fourth-order valence-electron chi connectivity index (χ4n) is 4.16. The first-order valence-electron chi connectivity index (χ1n) is 10.2. The summed E-state index contributed by atoms with van der Waals surface area (Å²) in [5.74, 6) is 1.61. The van der Waals surface area contributed by atoms with Gasteiger partial charge in [-0.25, -0.2) is 0 Å². The van der Waals surface area contributed by atoms with E-state index in [0.29, 0.717) is 36.0 Å². The van der Waals surface area contributed by atoms with Crippen LogP contribution in [-0.2, 0) is 9.47 Å². The lowest BCUT2D eigenvalue weighted by molar-refractivity contribution is 0.0606. The van der Waals surface area contributed by atoms with Crippen molar-refractivity contribution in [2.24, 2.45) is 0 Å². The maximum absolute atomic E-state index is 12.5. The number of benzene rings is 2. The van der Waals surface area contributed by atoms with Crippen LogP contribution >= 0.6 is 0 Å². The Balaban J connectivity index is 1.16. The summed E-state index contributed by atoms with van der Waals surface area (Å²) in [6.45, 7) is 0.846. The molecule has 6 rings (SSSR count). The molecule has 1 aromatic heterocycles. The van der Waals surface area contributed by atoms with Gasteiger partial charge in [-0.15, -0.1) is 0 Å². The van der Waals surface area contributed by atoms with E-state index < -0.39 is 0 Å². The van der Waals surface area contributed by atoms with Gasteiger partial charge in [-0.2, -0.15) is 4.68 Å². The first-order chi connectivity index (χ1) is 15.8. The van der Waals surface area contributed by atoms with E-state index in [4.69, 9.17) is 23.7 Å². The fraction of sp³-hybridized carbons (Fsp3) is 0.333. The molecule has 11 heteroatoms. The predicted octanol–water partition coefficient (Wildman–Crippen LogP) is 1.33. The van der Waals surface area contributed by atoms with E-state index >= 15 is 0 Å². The minimum atomic E-state index is -0.321. The second kappa shape index (κ2) is 7.77. The van der Waals surface area contributed by atoms with E-state index in [-0.39, 0.29) is 43.0 Å². The summed E-state index contributed by atoms with van der Waals surface area (Å²) in [5.41, 5.74) is 0.588. The number of amides is 1. The van der Waals surface area contributed by atoms with Gasteiger partial charge in [0.05, 0.1) is 19.3 Å². The zero-order valence-electron chi connectivity index (χ0n) is 16.8. The number of carbonyl (C=O) groups excluding carboxylic acids is 1. The van der Waals surface area contributed by atoms with Crippen molar-refractivity contribution in [2.45, 2.75) is 24.3 Å². The zero-order valence-corrected chi connectivity index (χ0v) is 16.8. The molecule has 0 radical (unpaired) electrons. The summed E-state index contributed by atoms with van der Waals surface area (Å²) in [5, 5.41) is 14.8. The second-order valence-corrected chi connectivity index (χ2v) is 7.63. The lowest BCUT2D eigenvalue weighted by atomic mass is 10.1. The largest absolute Gasteiger partial charge is 0.454 e. The van der Waals surface area contributed by atoms with Crippen LogP contribution < -0.4 is 19.5 Å². The summed E-state index contributed by atoms with van der Waals surface area (Å²) in [4.78, 5) is 12.5. The van der Waals surface area contributed by atoms with Crippen molar-refractivity contribution in [3.8, 4) is 23.3 Å². The van der Waals surface area contributed by atoms with Gasteiger partial charge in [0.1, 0.15) is 24.0 Å². The number of hydrogen-bond donors (Lipinski definition) is 1. The Morgan fingerprint density at radius 3 is 2.78 bits per heavy atom. The minimum absolute atomic E-state index is 0.166. The van der Waals surface area contributed by atoms with Crippen molar-refractivity contribution in [2.75, 3.05) is 20.0 Å². The van der Waals surface area contributed by atoms with Crippen LogP contribution in [0.1, 0.15) is 16.4 Å². The Hall–Kier alpha value is -3.70. The molecule has 0 aliphatic carbocycles. The monoisotopic (exact) mass is 437 g/mol. The third kappa shape index (κ3) is 3.31. The quantitative estimate of drug-likeness (QED) is 0.630. The molecule has 2 aromatic carbocycles. The summed E-state index contributed by atoms with van der Waals surface area (Å²) < 4.78 is 30.1. The van der Waals surface area contributed by atoms with Crippen LogP contribution in [0.25, 0.3) is 0 Å². The standard InChI is InChI=1S/C21H19N5O6/c27-20(12-4-2-1-3-5-12)22-14-9-28-19-15(10-29-18(14)19)26-21(23-24-25-26)32-13-6-7-16-17(8-13)31-11-30-16/h1-8,14-15,18-19H,9-11H2,(H,22,27)/t14-,15+,18-,19+/m1/s1. The molecule has 11 nitrogen and oxygen atoms in total. The smallest absolute Gasteiger partial charge is 0.341 e. The normalized spacial score (nSPS) is 25.5. The molecule has 0 bridgehead atoms. The van der Waals surface area contributed by atoms with Gasteiger partial charge in [0.25, 0.3) is 5.91 Å². The SMILES string of the molecule is O=C(N[C@@H]1CO[C@@H]2[C@@H]1OC[C@@H]2n1nnnc1Oc1ccc2c(c1)OCO2)c1ccccc1. The topological polar surface area (TPSA) is 119 Å². The highest BCUT2D eigenvalue weighted by atomic mass is 16.7. The molecule has 1 N–H and O–H groups in total. The Bertz CT molecular complexity index is 1140. The highest BCUT2D eigenvalue weighted by Gasteiger charge is 2.50. The van der Waals surface area contributed by atoms with Crippen molar-refractivity contribution in [1.29, 1.82) is 0 Å². The summed E-state index contributed by atoms with van der Waals surface area (Å²) in [6.07, 6.45) is -0.631. The predicted molar refractivity (Wildman–Crippen MR) is 107 cm³/mol. The van der Waals surface area contributed by atoms with Gasteiger partial charge in [-0.05, 0) is 34.7 Å². The van der Waals surface area contributed by atoms with E-state index in [1.54, 1.807) is 35.0 Å². The third-order valence-corrected chi connectivity index (χ3v) is 5.71. The van der Waals surface area contributed by atoms with Crippen LogP contribution in [0.2, 0.25) is 0 Å². The van der Waals surface area contributed by atoms with Gasteiger partial charge < -0.3 is 29.0 Å². The molecule has 32 heavy (non-hydrogen) atoms. The van der Waals surface area contributed by atoms with E-state index in [1.165, 1.54) is 0 Å². The van der Waals surface area contributed by atoms with Gasteiger partial charge in [-0.1, -0.05) is 23.3 Å². The van der Waals surface area contributed by atoms with Crippen LogP contribution in [0.5, 0.6) is 23.3 Å². The van der Waals surface area contributed by atoms with Crippen LogP contribution in [-0.4, -0.2) is 64.4 Å². The average Bonchev–Trinajstić information content (AvgIpc) is 3.60. The fourth-order valence-corrected chi connectivity index (χ4v) is 4.16. The number of rotatable bonds is 5.